The van der Waals surface area contributed by atoms with Gasteiger partial charge >= 0.3 is 5.97 Å². The van der Waals surface area contributed by atoms with Gasteiger partial charge in [-0.15, -0.1) is 11.8 Å². The lowest BCUT2D eigenvalue weighted by atomic mass is 10.2. The summed E-state index contributed by atoms with van der Waals surface area (Å²) in [5, 5.41) is 0.562. The Morgan fingerprint density at radius 2 is 2.07 bits per heavy atom. The Kier molecular flexibility index (Phi) is 4.29. The van der Waals surface area contributed by atoms with E-state index in [1.54, 1.807) is 12.1 Å². The third-order valence-corrected chi connectivity index (χ3v) is 3.12. The van der Waals surface area contributed by atoms with Gasteiger partial charge in [-0.05, 0) is 18.4 Å². The van der Waals surface area contributed by atoms with Crippen molar-refractivity contribution in [1.82, 2.24) is 0 Å². The topological polar surface area (TPSA) is 35.5 Å². The van der Waals surface area contributed by atoms with Gasteiger partial charge in [-0.3, -0.25) is 0 Å². The second-order valence-corrected chi connectivity index (χ2v) is 3.88. The smallest absolute Gasteiger partial charge is 0.341 e. The van der Waals surface area contributed by atoms with Crippen LogP contribution in [-0.4, -0.2) is 26.4 Å². The molecule has 0 unspecified atom stereocenters. The Bertz CT molecular complexity index is 379. The van der Waals surface area contributed by atoms with Crippen molar-refractivity contribution in [2.75, 3.05) is 20.5 Å². The van der Waals surface area contributed by atoms with Gasteiger partial charge in [0.2, 0.25) is 0 Å². The summed E-state index contributed by atoms with van der Waals surface area (Å²) in [6.45, 7) is 0. The molecule has 1 aromatic rings. The lowest BCUT2D eigenvalue weighted by molar-refractivity contribution is 0.0596. The van der Waals surface area contributed by atoms with Crippen LogP contribution in [-0.2, 0) is 4.74 Å². The Labute approximate surface area is 97.7 Å². The van der Waals surface area contributed by atoms with Crippen molar-refractivity contribution in [3.63, 3.8) is 0 Å². The van der Waals surface area contributed by atoms with E-state index in [4.69, 9.17) is 16.3 Å². The van der Waals surface area contributed by atoms with Crippen molar-refractivity contribution in [1.29, 1.82) is 0 Å². The summed E-state index contributed by atoms with van der Waals surface area (Å²) in [5.74, 6) is 0.0284. The third kappa shape index (κ3) is 2.38. The van der Waals surface area contributed by atoms with E-state index < -0.39 is 5.97 Å². The molecule has 0 amide bonds. The molecule has 1 aromatic carbocycles. The molecule has 0 atom stereocenters. The van der Waals surface area contributed by atoms with Crippen LogP contribution in [0.4, 0.5) is 0 Å². The predicted molar refractivity (Wildman–Crippen MR) is 61.1 cm³/mol. The number of hydrogen-bond acceptors (Lipinski definition) is 4. The number of carbonyl (C=O) groups is 1. The molecule has 3 nitrogen and oxygen atoms in total. The minimum absolute atomic E-state index is 0.383. The fourth-order valence-electron chi connectivity index (χ4n) is 1.20. The highest BCUT2D eigenvalue weighted by molar-refractivity contribution is 7.98. The van der Waals surface area contributed by atoms with Crippen molar-refractivity contribution < 1.29 is 14.3 Å². The number of benzene rings is 1. The van der Waals surface area contributed by atoms with Crippen LogP contribution in [0.15, 0.2) is 17.0 Å². The zero-order chi connectivity index (χ0) is 11.4. The van der Waals surface area contributed by atoms with E-state index in [1.165, 1.54) is 26.0 Å². The predicted octanol–water partition coefficient (Wildman–Crippen LogP) is 2.86. The zero-order valence-corrected chi connectivity index (χ0v) is 10.2. The maximum atomic E-state index is 11.4. The molecule has 0 aliphatic carbocycles. The molecule has 82 valence electrons. The van der Waals surface area contributed by atoms with E-state index >= 15 is 0 Å². The summed E-state index contributed by atoms with van der Waals surface area (Å²) < 4.78 is 9.81. The summed E-state index contributed by atoms with van der Waals surface area (Å²) in [7, 11) is 2.83. The number of rotatable bonds is 3. The number of methoxy groups -OCH3 is 2. The number of ether oxygens (including phenoxy) is 2. The molecule has 1 rings (SSSR count). The van der Waals surface area contributed by atoms with Crippen molar-refractivity contribution in [3.05, 3.63) is 22.7 Å². The molecule has 0 aliphatic rings. The summed E-state index contributed by atoms with van der Waals surface area (Å²) in [4.78, 5) is 12.2. The first kappa shape index (κ1) is 12.2. The first-order valence-electron chi connectivity index (χ1n) is 4.14. The normalized spacial score (nSPS) is 9.87. The van der Waals surface area contributed by atoms with Crippen LogP contribution in [0.5, 0.6) is 5.75 Å². The van der Waals surface area contributed by atoms with Crippen molar-refractivity contribution in [2.45, 2.75) is 4.90 Å². The average molecular weight is 247 g/mol. The quantitative estimate of drug-likeness (QED) is 0.607. The maximum absolute atomic E-state index is 11.4. The molecule has 0 spiro atoms. The highest BCUT2D eigenvalue weighted by Gasteiger charge is 2.18. The van der Waals surface area contributed by atoms with Gasteiger partial charge in [0.1, 0.15) is 11.3 Å². The summed E-state index contributed by atoms with van der Waals surface area (Å²) >= 11 is 7.40. The van der Waals surface area contributed by atoms with E-state index in [0.29, 0.717) is 16.3 Å². The molecule has 0 fully saturated rings. The minimum atomic E-state index is -0.432. The van der Waals surface area contributed by atoms with Gasteiger partial charge < -0.3 is 9.47 Å². The Hall–Kier alpha value is -0.870. The molecule has 0 radical (unpaired) electrons. The first-order valence-corrected chi connectivity index (χ1v) is 5.74. The standard InChI is InChI=1S/C10H11ClO3S/c1-13-8-6(10(12)14-2)4-5-7(11)9(8)15-3/h4-5H,1-3H3. The van der Waals surface area contributed by atoms with Gasteiger partial charge in [-0.1, -0.05) is 11.6 Å². The zero-order valence-electron chi connectivity index (χ0n) is 8.67. The molecule has 0 aromatic heterocycles. The van der Waals surface area contributed by atoms with Crippen molar-refractivity contribution >= 4 is 29.3 Å². The number of hydrogen-bond donors (Lipinski definition) is 0. The van der Waals surface area contributed by atoms with Gasteiger partial charge in [0.05, 0.1) is 24.1 Å². The van der Waals surface area contributed by atoms with Gasteiger partial charge in [-0.25, -0.2) is 4.79 Å². The molecule has 0 aliphatic heterocycles. The van der Waals surface area contributed by atoms with Crippen molar-refractivity contribution in [3.8, 4) is 5.75 Å². The van der Waals surface area contributed by atoms with E-state index in [0.717, 1.165) is 4.90 Å². The van der Waals surface area contributed by atoms with Crippen LogP contribution in [0.2, 0.25) is 5.02 Å². The van der Waals surface area contributed by atoms with Crippen LogP contribution in [0.3, 0.4) is 0 Å². The van der Waals surface area contributed by atoms with Crippen molar-refractivity contribution in [2.24, 2.45) is 0 Å². The number of esters is 1. The summed E-state index contributed by atoms with van der Waals surface area (Å²) in [5.41, 5.74) is 0.383. The second-order valence-electron chi connectivity index (χ2n) is 2.65. The average Bonchev–Trinajstić information content (AvgIpc) is 2.27. The minimum Gasteiger partial charge on any atom is -0.495 e. The molecule has 0 N–H and O–H groups in total. The van der Waals surface area contributed by atoms with Gasteiger partial charge in [0.25, 0.3) is 0 Å². The molecule has 15 heavy (non-hydrogen) atoms. The second kappa shape index (κ2) is 5.28. The summed E-state index contributed by atoms with van der Waals surface area (Å²) in [6, 6.07) is 3.24. The maximum Gasteiger partial charge on any atom is 0.341 e. The van der Waals surface area contributed by atoms with E-state index in [2.05, 4.69) is 4.74 Å². The highest BCUT2D eigenvalue weighted by atomic mass is 35.5. The fourth-order valence-corrected chi connectivity index (χ4v) is 2.22. The molecule has 0 saturated carbocycles. The fraction of sp³-hybridized carbons (Fsp3) is 0.300. The molecular formula is C10H11ClO3S. The monoisotopic (exact) mass is 246 g/mol. The largest absolute Gasteiger partial charge is 0.495 e. The molecular weight excluding hydrogens is 236 g/mol. The van der Waals surface area contributed by atoms with Crippen LogP contribution in [0.25, 0.3) is 0 Å². The number of halogens is 1. The lowest BCUT2D eigenvalue weighted by Gasteiger charge is -2.11. The SMILES string of the molecule is COC(=O)c1ccc(Cl)c(SC)c1OC. The number of carbonyl (C=O) groups excluding carboxylic acids is 1. The molecule has 5 heteroatoms. The van der Waals surface area contributed by atoms with Crippen LogP contribution < -0.4 is 4.74 Å². The van der Waals surface area contributed by atoms with Crippen LogP contribution in [0, 0.1) is 0 Å². The first-order chi connectivity index (χ1) is 7.15. The lowest BCUT2D eigenvalue weighted by Crippen LogP contribution is -2.05. The van der Waals surface area contributed by atoms with E-state index in [1.807, 2.05) is 6.26 Å². The Morgan fingerprint density at radius 1 is 1.40 bits per heavy atom. The van der Waals surface area contributed by atoms with Gasteiger partial charge in [0.15, 0.2) is 0 Å². The van der Waals surface area contributed by atoms with Crippen LogP contribution in [0.1, 0.15) is 10.4 Å². The Morgan fingerprint density at radius 3 is 2.53 bits per heavy atom. The van der Waals surface area contributed by atoms with E-state index in [-0.39, 0.29) is 0 Å². The molecule has 0 saturated heterocycles. The number of thioether (sulfide) groups is 1. The highest BCUT2D eigenvalue weighted by Crippen LogP contribution is 2.37. The van der Waals surface area contributed by atoms with E-state index in [9.17, 15) is 4.79 Å². The van der Waals surface area contributed by atoms with Crippen LogP contribution >= 0.6 is 23.4 Å². The third-order valence-electron chi connectivity index (χ3n) is 1.88. The van der Waals surface area contributed by atoms with Gasteiger partial charge in [0, 0.05) is 0 Å². The molecule has 0 heterocycles. The molecule has 0 bridgehead atoms. The van der Waals surface area contributed by atoms with Gasteiger partial charge in [-0.2, -0.15) is 0 Å². The summed E-state index contributed by atoms with van der Waals surface area (Å²) in [6.07, 6.45) is 1.87. The Balaban J connectivity index is 3.35.